The third-order valence-electron chi connectivity index (χ3n) is 4.60. The average molecular weight is 240 g/mol. The smallest absolute Gasteiger partial charge is 0.0584 e. The minimum atomic E-state index is 0.276. The SMILES string of the molecule is CC[C@@H](CO)NC1CCCC1C1CCCCN1. The fraction of sp³-hybridized carbons (Fsp3) is 1.00. The summed E-state index contributed by atoms with van der Waals surface area (Å²) in [5.41, 5.74) is 0. The van der Waals surface area contributed by atoms with E-state index in [-0.39, 0.29) is 6.61 Å². The molecular weight excluding hydrogens is 212 g/mol. The van der Waals surface area contributed by atoms with Crippen molar-refractivity contribution in [1.82, 2.24) is 10.6 Å². The van der Waals surface area contributed by atoms with Gasteiger partial charge in [-0.25, -0.2) is 0 Å². The molecule has 3 heteroatoms. The molecule has 4 atom stereocenters. The van der Waals surface area contributed by atoms with Crippen molar-refractivity contribution in [2.45, 2.75) is 70.0 Å². The van der Waals surface area contributed by atoms with Crippen LogP contribution in [0.4, 0.5) is 0 Å². The first-order valence-corrected chi connectivity index (χ1v) is 7.45. The number of hydrogen-bond acceptors (Lipinski definition) is 3. The summed E-state index contributed by atoms with van der Waals surface area (Å²) >= 11 is 0. The average Bonchev–Trinajstić information content (AvgIpc) is 2.85. The van der Waals surface area contributed by atoms with E-state index < -0.39 is 0 Å². The molecule has 2 rings (SSSR count). The Balaban J connectivity index is 1.87. The first kappa shape index (κ1) is 13.3. The second-order valence-corrected chi connectivity index (χ2v) is 5.71. The van der Waals surface area contributed by atoms with E-state index in [1.54, 1.807) is 0 Å². The van der Waals surface area contributed by atoms with E-state index in [9.17, 15) is 5.11 Å². The van der Waals surface area contributed by atoms with Crippen molar-refractivity contribution in [3.63, 3.8) is 0 Å². The molecule has 0 aromatic carbocycles. The largest absolute Gasteiger partial charge is 0.395 e. The third kappa shape index (κ3) is 3.43. The maximum Gasteiger partial charge on any atom is 0.0584 e. The topological polar surface area (TPSA) is 44.3 Å². The molecule has 100 valence electrons. The standard InChI is InChI=1S/C14H28N2O/c1-2-11(10-17)16-14-8-5-6-12(14)13-7-3-4-9-15-13/h11-17H,2-10H2,1H3/t11-,12?,13?,14?/m0/s1. The molecule has 0 bridgehead atoms. The van der Waals surface area contributed by atoms with Crippen LogP contribution in [-0.4, -0.2) is 36.4 Å². The Morgan fingerprint density at radius 1 is 1.24 bits per heavy atom. The maximum atomic E-state index is 9.30. The van der Waals surface area contributed by atoms with Gasteiger partial charge in [-0.3, -0.25) is 0 Å². The molecule has 1 saturated heterocycles. The molecule has 2 fully saturated rings. The lowest BCUT2D eigenvalue weighted by Gasteiger charge is -2.34. The normalized spacial score (nSPS) is 36.0. The van der Waals surface area contributed by atoms with Gasteiger partial charge in [-0.1, -0.05) is 19.8 Å². The molecule has 0 amide bonds. The Kier molecular flexibility index (Phi) is 5.26. The zero-order valence-corrected chi connectivity index (χ0v) is 11.1. The lowest BCUT2D eigenvalue weighted by atomic mass is 9.88. The summed E-state index contributed by atoms with van der Waals surface area (Å²) in [5, 5.41) is 16.7. The van der Waals surface area contributed by atoms with Gasteiger partial charge in [0, 0.05) is 18.1 Å². The highest BCUT2D eigenvalue weighted by Gasteiger charge is 2.34. The molecule has 1 aliphatic heterocycles. The number of piperidine rings is 1. The van der Waals surface area contributed by atoms with E-state index in [2.05, 4.69) is 17.6 Å². The highest BCUT2D eigenvalue weighted by atomic mass is 16.3. The van der Waals surface area contributed by atoms with Crippen LogP contribution in [0, 0.1) is 5.92 Å². The van der Waals surface area contributed by atoms with Crippen molar-refractivity contribution < 1.29 is 5.11 Å². The van der Waals surface area contributed by atoms with Gasteiger partial charge in [0.05, 0.1) is 6.61 Å². The van der Waals surface area contributed by atoms with Crippen molar-refractivity contribution in [1.29, 1.82) is 0 Å². The molecule has 2 aliphatic rings. The van der Waals surface area contributed by atoms with Crippen molar-refractivity contribution in [3.05, 3.63) is 0 Å². The molecule has 0 aromatic heterocycles. The molecule has 1 heterocycles. The van der Waals surface area contributed by atoms with Crippen molar-refractivity contribution >= 4 is 0 Å². The highest BCUT2D eigenvalue weighted by molar-refractivity contribution is 4.93. The van der Waals surface area contributed by atoms with E-state index in [1.165, 1.54) is 45.1 Å². The minimum Gasteiger partial charge on any atom is -0.395 e. The zero-order chi connectivity index (χ0) is 12.1. The third-order valence-corrected chi connectivity index (χ3v) is 4.60. The van der Waals surface area contributed by atoms with Crippen LogP contribution in [0.3, 0.4) is 0 Å². The first-order chi connectivity index (χ1) is 8.35. The predicted molar refractivity (Wildman–Crippen MR) is 71.1 cm³/mol. The summed E-state index contributed by atoms with van der Waals surface area (Å²) in [5.74, 6) is 0.788. The van der Waals surface area contributed by atoms with Gasteiger partial charge in [0.2, 0.25) is 0 Å². The fourth-order valence-corrected chi connectivity index (χ4v) is 3.52. The Morgan fingerprint density at radius 2 is 2.12 bits per heavy atom. The molecule has 0 radical (unpaired) electrons. The van der Waals surface area contributed by atoms with Gasteiger partial charge in [0.15, 0.2) is 0 Å². The predicted octanol–water partition coefficient (Wildman–Crippen LogP) is 1.66. The van der Waals surface area contributed by atoms with Crippen LogP contribution >= 0.6 is 0 Å². The van der Waals surface area contributed by atoms with Crippen LogP contribution < -0.4 is 10.6 Å². The van der Waals surface area contributed by atoms with Crippen LogP contribution in [0.2, 0.25) is 0 Å². The van der Waals surface area contributed by atoms with Gasteiger partial charge < -0.3 is 15.7 Å². The van der Waals surface area contributed by atoms with Crippen LogP contribution in [0.5, 0.6) is 0 Å². The highest BCUT2D eigenvalue weighted by Crippen LogP contribution is 2.32. The monoisotopic (exact) mass is 240 g/mol. The fourth-order valence-electron chi connectivity index (χ4n) is 3.52. The van der Waals surface area contributed by atoms with Gasteiger partial charge in [-0.2, -0.15) is 0 Å². The number of aliphatic hydroxyl groups is 1. The van der Waals surface area contributed by atoms with E-state index in [0.717, 1.165) is 18.4 Å². The maximum absolute atomic E-state index is 9.30. The quantitative estimate of drug-likeness (QED) is 0.685. The zero-order valence-electron chi connectivity index (χ0n) is 11.1. The van der Waals surface area contributed by atoms with Crippen molar-refractivity contribution in [3.8, 4) is 0 Å². The first-order valence-electron chi connectivity index (χ1n) is 7.45. The van der Waals surface area contributed by atoms with E-state index in [1.807, 2.05) is 0 Å². The molecule has 0 aromatic rings. The molecule has 3 nitrogen and oxygen atoms in total. The minimum absolute atomic E-state index is 0.276. The number of nitrogens with one attached hydrogen (secondary N) is 2. The van der Waals surface area contributed by atoms with Crippen molar-refractivity contribution in [2.24, 2.45) is 5.92 Å². The Labute approximate surface area is 105 Å². The Morgan fingerprint density at radius 3 is 2.76 bits per heavy atom. The molecule has 1 saturated carbocycles. The van der Waals surface area contributed by atoms with E-state index >= 15 is 0 Å². The van der Waals surface area contributed by atoms with Crippen LogP contribution in [0.15, 0.2) is 0 Å². The van der Waals surface area contributed by atoms with Gasteiger partial charge in [0.1, 0.15) is 0 Å². The second kappa shape index (κ2) is 6.72. The Bertz CT molecular complexity index is 212. The van der Waals surface area contributed by atoms with Crippen LogP contribution in [0.1, 0.15) is 51.9 Å². The molecule has 3 N–H and O–H groups in total. The summed E-state index contributed by atoms with van der Waals surface area (Å²) in [6.45, 7) is 3.62. The van der Waals surface area contributed by atoms with Crippen molar-refractivity contribution in [2.75, 3.05) is 13.2 Å². The summed E-state index contributed by atoms with van der Waals surface area (Å²) in [6, 6.07) is 1.65. The summed E-state index contributed by atoms with van der Waals surface area (Å²) in [7, 11) is 0. The lowest BCUT2D eigenvalue weighted by Crippen LogP contribution is -2.49. The van der Waals surface area contributed by atoms with Crippen LogP contribution in [-0.2, 0) is 0 Å². The van der Waals surface area contributed by atoms with Crippen LogP contribution in [0.25, 0.3) is 0 Å². The van der Waals surface area contributed by atoms with Gasteiger partial charge in [-0.15, -0.1) is 0 Å². The number of hydrogen-bond donors (Lipinski definition) is 3. The summed E-state index contributed by atoms with van der Waals surface area (Å²) < 4.78 is 0. The van der Waals surface area contributed by atoms with Gasteiger partial charge >= 0.3 is 0 Å². The molecule has 17 heavy (non-hydrogen) atoms. The molecule has 1 aliphatic carbocycles. The second-order valence-electron chi connectivity index (χ2n) is 5.71. The molecule has 3 unspecified atom stereocenters. The van der Waals surface area contributed by atoms with E-state index in [4.69, 9.17) is 0 Å². The number of aliphatic hydroxyl groups excluding tert-OH is 1. The summed E-state index contributed by atoms with van der Waals surface area (Å²) in [6.07, 6.45) is 9.10. The van der Waals surface area contributed by atoms with E-state index in [0.29, 0.717) is 12.1 Å². The van der Waals surface area contributed by atoms with Gasteiger partial charge in [-0.05, 0) is 44.6 Å². The molecular formula is C14H28N2O. The lowest BCUT2D eigenvalue weighted by molar-refractivity contribution is 0.197. The number of rotatable bonds is 5. The molecule has 0 spiro atoms. The Hall–Kier alpha value is -0.120. The summed E-state index contributed by atoms with van der Waals surface area (Å²) in [4.78, 5) is 0. The van der Waals surface area contributed by atoms with Gasteiger partial charge in [0.25, 0.3) is 0 Å².